The number of hydrogen-bond acceptors (Lipinski definition) is 5. The first-order chi connectivity index (χ1) is 12.7. The number of esters is 1. The summed E-state index contributed by atoms with van der Waals surface area (Å²) in [6, 6.07) is 4.14. The summed E-state index contributed by atoms with van der Waals surface area (Å²) in [6.07, 6.45) is 1.00. The molecule has 1 aromatic carbocycles. The summed E-state index contributed by atoms with van der Waals surface area (Å²) in [7, 11) is -2.65. The third kappa shape index (κ3) is 5.34. The molecule has 0 aromatic heterocycles. The van der Waals surface area contributed by atoms with Gasteiger partial charge in [0.15, 0.2) is 0 Å². The summed E-state index contributed by atoms with van der Waals surface area (Å²) in [6.45, 7) is 2.52. The summed E-state index contributed by atoms with van der Waals surface area (Å²) < 4.78 is 31.3. The van der Waals surface area contributed by atoms with Gasteiger partial charge in [0.2, 0.25) is 15.9 Å². The molecule has 10 heteroatoms. The second kappa shape index (κ2) is 9.23. The third-order valence-corrected chi connectivity index (χ3v) is 6.93. The highest BCUT2D eigenvalue weighted by Gasteiger charge is 2.31. The molecular formula is C17H22Cl2N2O5S. The first-order valence-electron chi connectivity index (χ1n) is 8.52. The first-order valence-corrected chi connectivity index (χ1v) is 10.7. The molecule has 27 heavy (non-hydrogen) atoms. The van der Waals surface area contributed by atoms with Crippen molar-refractivity contribution in [1.29, 1.82) is 0 Å². The van der Waals surface area contributed by atoms with Gasteiger partial charge in [-0.05, 0) is 38.0 Å². The lowest BCUT2D eigenvalue weighted by Gasteiger charge is -2.32. The molecule has 0 saturated carbocycles. The van der Waals surface area contributed by atoms with Gasteiger partial charge in [-0.3, -0.25) is 9.59 Å². The minimum absolute atomic E-state index is 0.0361. The molecule has 1 fully saturated rings. The van der Waals surface area contributed by atoms with E-state index in [0.717, 1.165) is 4.31 Å². The zero-order valence-electron chi connectivity index (χ0n) is 15.2. The van der Waals surface area contributed by atoms with Gasteiger partial charge in [0.1, 0.15) is 4.90 Å². The Labute approximate surface area is 169 Å². The number of ether oxygens (including phenoxy) is 1. The summed E-state index contributed by atoms with van der Waals surface area (Å²) in [5.74, 6) is -0.804. The number of carbonyl (C=O) groups is 2. The van der Waals surface area contributed by atoms with Gasteiger partial charge in [0.25, 0.3) is 0 Å². The van der Waals surface area contributed by atoms with Gasteiger partial charge < -0.3 is 9.64 Å². The van der Waals surface area contributed by atoms with Gasteiger partial charge in [-0.15, -0.1) is 0 Å². The zero-order valence-corrected chi connectivity index (χ0v) is 17.5. The van der Waals surface area contributed by atoms with Gasteiger partial charge in [0.05, 0.1) is 24.1 Å². The van der Waals surface area contributed by atoms with E-state index in [4.69, 9.17) is 27.9 Å². The highest BCUT2D eigenvalue weighted by Crippen LogP contribution is 2.27. The van der Waals surface area contributed by atoms with E-state index in [2.05, 4.69) is 0 Å². The molecule has 2 rings (SSSR count). The van der Waals surface area contributed by atoms with Crippen molar-refractivity contribution in [3.63, 3.8) is 0 Å². The van der Waals surface area contributed by atoms with E-state index in [1.54, 1.807) is 11.8 Å². The summed E-state index contributed by atoms with van der Waals surface area (Å²) >= 11 is 11.8. The number of nitrogens with zero attached hydrogens (tertiary/aromatic N) is 2. The Morgan fingerprint density at radius 2 is 1.89 bits per heavy atom. The van der Waals surface area contributed by atoms with Crippen molar-refractivity contribution in [3.05, 3.63) is 28.2 Å². The maximum atomic E-state index is 12.7. The number of carbonyl (C=O) groups excluding carboxylic acids is 2. The van der Waals surface area contributed by atoms with Crippen LogP contribution in [0.15, 0.2) is 23.1 Å². The van der Waals surface area contributed by atoms with Crippen LogP contribution in [0.2, 0.25) is 10.0 Å². The van der Waals surface area contributed by atoms with Crippen LogP contribution in [-0.2, 0) is 24.3 Å². The largest absolute Gasteiger partial charge is 0.466 e. The van der Waals surface area contributed by atoms with Crippen molar-refractivity contribution in [2.45, 2.75) is 24.7 Å². The fourth-order valence-corrected chi connectivity index (χ4v) is 4.70. The molecule has 0 bridgehead atoms. The second-order valence-corrected chi connectivity index (χ2v) is 9.10. The predicted octanol–water partition coefficient (Wildman–Crippen LogP) is 2.42. The molecule has 0 radical (unpaired) electrons. The number of likely N-dealkylation sites (tertiary alicyclic amines) is 1. The van der Waals surface area contributed by atoms with E-state index < -0.39 is 10.0 Å². The second-order valence-electron chi connectivity index (χ2n) is 6.24. The maximum Gasteiger partial charge on any atom is 0.309 e. The Balaban J connectivity index is 1.99. The molecule has 0 spiro atoms. The molecule has 150 valence electrons. The molecule has 1 aliphatic rings. The van der Waals surface area contributed by atoms with Crippen molar-refractivity contribution in [1.82, 2.24) is 9.21 Å². The molecule has 7 nitrogen and oxygen atoms in total. The number of hydrogen-bond donors (Lipinski definition) is 0. The molecule has 1 amide bonds. The number of likely N-dealkylation sites (N-methyl/N-ethyl adjacent to an activating group) is 1. The lowest BCUT2D eigenvalue weighted by molar-refractivity contribution is -0.151. The summed E-state index contributed by atoms with van der Waals surface area (Å²) in [5, 5.41) is 0.271. The fraction of sp³-hybridized carbons (Fsp3) is 0.529. The van der Waals surface area contributed by atoms with Gasteiger partial charge in [-0.2, -0.15) is 4.31 Å². The van der Waals surface area contributed by atoms with Crippen LogP contribution >= 0.6 is 23.2 Å². The average molecular weight is 437 g/mol. The van der Waals surface area contributed by atoms with Crippen LogP contribution in [0.4, 0.5) is 0 Å². The van der Waals surface area contributed by atoms with Crippen LogP contribution in [0.1, 0.15) is 19.8 Å². The Hall–Kier alpha value is -1.35. The number of amides is 1. The highest BCUT2D eigenvalue weighted by molar-refractivity contribution is 7.89. The molecule has 1 heterocycles. The average Bonchev–Trinajstić information content (AvgIpc) is 2.63. The third-order valence-electron chi connectivity index (χ3n) is 4.41. The van der Waals surface area contributed by atoms with Crippen LogP contribution < -0.4 is 0 Å². The lowest BCUT2D eigenvalue weighted by Crippen LogP contribution is -2.45. The summed E-state index contributed by atoms with van der Waals surface area (Å²) in [5.41, 5.74) is 0. The topological polar surface area (TPSA) is 84.0 Å². The van der Waals surface area contributed by atoms with Crippen molar-refractivity contribution in [2.24, 2.45) is 5.92 Å². The molecule has 1 saturated heterocycles. The van der Waals surface area contributed by atoms with E-state index in [1.165, 1.54) is 25.2 Å². The minimum atomic E-state index is -3.96. The van der Waals surface area contributed by atoms with E-state index in [0.29, 0.717) is 32.5 Å². The van der Waals surface area contributed by atoms with Crippen molar-refractivity contribution in [2.75, 3.05) is 33.3 Å². The summed E-state index contributed by atoms with van der Waals surface area (Å²) in [4.78, 5) is 25.7. The number of rotatable bonds is 6. The molecular weight excluding hydrogens is 415 g/mol. The van der Waals surface area contributed by atoms with Crippen LogP contribution in [-0.4, -0.2) is 62.8 Å². The van der Waals surface area contributed by atoms with Gasteiger partial charge in [-0.1, -0.05) is 23.2 Å². The molecule has 0 N–H and O–H groups in total. The van der Waals surface area contributed by atoms with E-state index in [-0.39, 0.29) is 39.3 Å². The maximum absolute atomic E-state index is 12.7. The Morgan fingerprint density at radius 1 is 1.26 bits per heavy atom. The minimum Gasteiger partial charge on any atom is -0.466 e. The molecule has 1 aliphatic heterocycles. The quantitative estimate of drug-likeness (QED) is 0.639. The van der Waals surface area contributed by atoms with Gasteiger partial charge in [-0.25, -0.2) is 8.42 Å². The normalized spacial score (nSPS) is 15.8. The molecule has 1 aromatic rings. The van der Waals surface area contributed by atoms with E-state index in [1.807, 2.05) is 0 Å². The molecule has 0 atom stereocenters. The molecule has 0 aliphatic carbocycles. The SMILES string of the molecule is CCOC(=O)C1CCN(C(=O)CN(C)S(=O)(=O)c2cc(Cl)ccc2Cl)CC1. The van der Waals surface area contributed by atoms with E-state index in [9.17, 15) is 18.0 Å². The van der Waals surface area contributed by atoms with Gasteiger partial charge in [0, 0.05) is 25.2 Å². The van der Waals surface area contributed by atoms with Gasteiger partial charge >= 0.3 is 5.97 Å². The Morgan fingerprint density at radius 3 is 2.48 bits per heavy atom. The number of sulfonamides is 1. The van der Waals surface area contributed by atoms with Crippen molar-refractivity contribution >= 4 is 45.1 Å². The number of benzene rings is 1. The number of halogens is 2. The Kier molecular flexibility index (Phi) is 7.50. The molecule has 0 unspecified atom stereocenters. The van der Waals surface area contributed by atoms with Crippen molar-refractivity contribution in [3.8, 4) is 0 Å². The van der Waals surface area contributed by atoms with Crippen LogP contribution in [0.5, 0.6) is 0 Å². The standard InChI is InChI=1S/C17H22Cl2N2O5S/c1-3-26-17(23)12-6-8-21(9-7-12)16(22)11-20(2)27(24,25)15-10-13(18)4-5-14(15)19/h4-5,10,12H,3,6-9,11H2,1-2H3. The highest BCUT2D eigenvalue weighted by atomic mass is 35.5. The number of piperidine rings is 1. The van der Waals surface area contributed by atoms with Crippen molar-refractivity contribution < 1.29 is 22.7 Å². The van der Waals surface area contributed by atoms with E-state index >= 15 is 0 Å². The van der Waals surface area contributed by atoms with Crippen LogP contribution in [0.25, 0.3) is 0 Å². The monoisotopic (exact) mass is 436 g/mol. The first kappa shape index (κ1) is 21.9. The Bertz CT molecular complexity index is 808. The van der Waals surface area contributed by atoms with Crippen LogP contribution in [0.3, 0.4) is 0 Å². The zero-order chi connectivity index (χ0) is 20.2. The fourth-order valence-electron chi connectivity index (χ4n) is 2.84. The predicted molar refractivity (Wildman–Crippen MR) is 102 cm³/mol. The smallest absolute Gasteiger partial charge is 0.309 e. The lowest BCUT2D eigenvalue weighted by atomic mass is 9.97. The van der Waals surface area contributed by atoms with Crippen LogP contribution in [0, 0.1) is 5.92 Å².